The Morgan fingerprint density at radius 2 is 2.13 bits per heavy atom. The molecule has 2 aliphatic rings. The van der Waals surface area contributed by atoms with Crippen molar-refractivity contribution in [3.8, 4) is 11.3 Å². The maximum atomic E-state index is 15.1. The molecule has 0 radical (unpaired) electrons. The summed E-state index contributed by atoms with van der Waals surface area (Å²) in [4.78, 5) is 24.4. The van der Waals surface area contributed by atoms with Gasteiger partial charge in [-0.2, -0.15) is 0 Å². The molecule has 0 aliphatic carbocycles. The van der Waals surface area contributed by atoms with Crippen LogP contribution in [0.15, 0.2) is 29.2 Å². The number of hydrogen-bond donors (Lipinski definition) is 2. The highest BCUT2D eigenvalue weighted by atomic mass is 19.1. The molecule has 3 atom stereocenters. The molecule has 0 bridgehead atoms. The fourth-order valence-corrected chi connectivity index (χ4v) is 5.77. The third kappa shape index (κ3) is 5.70. The van der Waals surface area contributed by atoms with Gasteiger partial charge in [-0.1, -0.05) is 6.07 Å². The molecule has 2 aromatic heterocycles. The third-order valence-corrected chi connectivity index (χ3v) is 7.91. The SMILES string of the molecule is CO[C@H]1CCCN(Cc2c(C)c(=O)c3ccc(-c4nc(N[C@@H]5CCOC[C@H]5O)ncc4F)cc3n2C(C)C)C1. The van der Waals surface area contributed by atoms with Crippen LogP contribution >= 0.6 is 0 Å². The van der Waals surface area contributed by atoms with Gasteiger partial charge in [0.2, 0.25) is 5.95 Å². The molecule has 5 rings (SSSR count). The number of pyridine rings is 1. The summed E-state index contributed by atoms with van der Waals surface area (Å²) in [5, 5.41) is 14.0. The average molecular weight is 540 g/mol. The first-order valence-corrected chi connectivity index (χ1v) is 13.7. The second-order valence-electron chi connectivity index (χ2n) is 10.9. The van der Waals surface area contributed by atoms with Gasteiger partial charge in [-0.05, 0) is 58.7 Å². The van der Waals surface area contributed by atoms with Crippen molar-refractivity contribution >= 4 is 16.9 Å². The lowest BCUT2D eigenvalue weighted by Gasteiger charge is -2.33. The molecule has 3 aromatic rings. The van der Waals surface area contributed by atoms with Crippen molar-refractivity contribution in [3.63, 3.8) is 0 Å². The normalized spacial score (nSPS) is 22.5. The van der Waals surface area contributed by atoms with E-state index in [1.807, 2.05) is 13.0 Å². The molecular weight excluding hydrogens is 501 g/mol. The molecule has 1 aromatic carbocycles. The van der Waals surface area contributed by atoms with Gasteiger partial charge in [0, 0.05) is 55.1 Å². The zero-order chi connectivity index (χ0) is 27.7. The number of methoxy groups -OCH3 is 1. The minimum Gasteiger partial charge on any atom is -0.389 e. The zero-order valence-electron chi connectivity index (χ0n) is 23.1. The Bertz CT molecular complexity index is 1390. The third-order valence-electron chi connectivity index (χ3n) is 7.91. The van der Waals surface area contributed by atoms with Crippen molar-refractivity contribution in [2.24, 2.45) is 0 Å². The van der Waals surface area contributed by atoms with Gasteiger partial charge >= 0.3 is 0 Å². The Kier molecular flexibility index (Phi) is 8.27. The molecule has 2 N–H and O–H groups in total. The summed E-state index contributed by atoms with van der Waals surface area (Å²) in [6.45, 7) is 9.26. The fourth-order valence-electron chi connectivity index (χ4n) is 5.77. The van der Waals surface area contributed by atoms with Crippen LogP contribution in [0.25, 0.3) is 22.2 Å². The molecule has 0 unspecified atom stereocenters. The summed E-state index contributed by atoms with van der Waals surface area (Å²) >= 11 is 0. The number of aromatic nitrogens is 3. The number of nitrogens with zero attached hydrogens (tertiary/aromatic N) is 4. The number of nitrogens with one attached hydrogen (secondary N) is 1. The van der Waals surface area contributed by atoms with Gasteiger partial charge in [-0.25, -0.2) is 14.4 Å². The van der Waals surface area contributed by atoms with Crippen molar-refractivity contribution in [2.75, 3.05) is 38.7 Å². The number of rotatable bonds is 7. The summed E-state index contributed by atoms with van der Waals surface area (Å²) in [7, 11) is 1.75. The summed E-state index contributed by atoms with van der Waals surface area (Å²) in [5.41, 5.74) is 3.14. The number of aliphatic hydroxyl groups excluding tert-OH is 1. The topological polar surface area (TPSA) is 102 Å². The first-order valence-electron chi connectivity index (χ1n) is 13.7. The second kappa shape index (κ2) is 11.7. The number of anilines is 1. The highest BCUT2D eigenvalue weighted by molar-refractivity contribution is 5.85. The van der Waals surface area contributed by atoms with Gasteiger partial charge in [0.1, 0.15) is 5.69 Å². The van der Waals surface area contributed by atoms with Crippen LogP contribution in [0.5, 0.6) is 0 Å². The lowest BCUT2D eigenvalue weighted by molar-refractivity contribution is -0.0136. The van der Waals surface area contributed by atoms with E-state index in [2.05, 4.69) is 38.6 Å². The molecule has 39 heavy (non-hydrogen) atoms. The predicted octanol–water partition coefficient (Wildman–Crippen LogP) is 3.66. The van der Waals surface area contributed by atoms with Crippen molar-refractivity contribution in [3.05, 3.63) is 51.7 Å². The number of halogens is 1. The maximum absolute atomic E-state index is 15.1. The molecule has 2 aliphatic heterocycles. The van der Waals surface area contributed by atoms with Crippen molar-refractivity contribution in [1.82, 2.24) is 19.4 Å². The van der Waals surface area contributed by atoms with E-state index in [0.29, 0.717) is 30.5 Å². The van der Waals surface area contributed by atoms with Crippen LogP contribution in [0.2, 0.25) is 0 Å². The standard InChI is InChI=1S/C29H38FN5O4/c1-17(2)35-24-12-19(27-22(30)13-31-29(33-27)32-23-9-11-39-16-26(23)36)7-8-21(24)28(37)18(3)25(35)15-34-10-5-6-20(14-34)38-4/h7-8,12-13,17,20,23,26,36H,5-6,9-11,14-16H2,1-4H3,(H,31,32,33)/t20-,23+,26+/m0/s1. The summed E-state index contributed by atoms with van der Waals surface area (Å²) in [6, 6.07) is 5.15. The Labute approximate surface area is 228 Å². The summed E-state index contributed by atoms with van der Waals surface area (Å²) < 4.78 is 28.2. The summed E-state index contributed by atoms with van der Waals surface area (Å²) in [5.74, 6) is -0.321. The van der Waals surface area contributed by atoms with Crippen molar-refractivity contribution in [1.29, 1.82) is 0 Å². The van der Waals surface area contributed by atoms with Crippen LogP contribution in [0.3, 0.4) is 0 Å². The van der Waals surface area contributed by atoms with Gasteiger partial charge in [0.15, 0.2) is 11.2 Å². The van der Waals surface area contributed by atoms with E-state index in [1.165, 1.54) is 0 Å². The minimum absolute atomic E-state index is 0.0113. The van der Waals surface area contributed by atoms with Crippen LogP contribution < -0.4 is 10.7 Å². The van der Waals surface area contributed by atoms with E-state index in [9.17, 15) is 9.90 Å². The van der Waals surface area contributed by atoms with Crippen LogP contribution in [-0.4, -0.2) is 76.2 Å². The molecule has 0 amide bonds. The van der Waals surface area contributed by atoms with Crippen LogP contribution in [0, 0.1) is 12.7 Å². The fraction of sp³-hybridized carbons (Fsp3) is 0.552. The number of hydrogen-bond acceptors (Lipinski definition) is 8. The van der Waals surface area contributed by atoms with Crippen LogP contribution in [0.1, 0.15) is 50.4 Å². The van der Waals surface area contributed by atoms with Crippen LogP contribution in [0.4, 0.5) is 10.3 Å². The minimum atomic E-state index is -0.697. The molecule has 210 valence electrons. The number of likely N-dealkylation sites (tertiary alicyclic amines) is 1. The first-order chi connectivity index (χ1) is 18.8. The largest absolute Gasteiger partial charge is 0.389 e. The average Bonchev–Trinajstić information content (AvgIpc) is 2.93. The lowest BCUT2D eigenvalue weighted by atomic mass is 10.0. The smallest absolute Gasteiger partial charge is 0.223 e. The number of aliphatic hydroxyl groups is 1. The molecule has 9 nitrogen and oxygen atoms in total. The van der Waals surface area contributed by atoms with Crippen molar-refractivity contribution in [2.45, 2.75) is 70.9 Å². The number of benzene rings is 1. The molecule has 4 heterocycles. The maximum Gasteiger partial charge on any atom is 0.223 e. The van der Waals surface area contributed by atoms with E-state index in [-0.39, 0.29) is 41.9 Å². The van der Waals surface area contributed by atoms with Crippen molar-refractivity contribution < 1.29 is 19.0 Å². The lowest BCUT2D eigenvalue weighted by Crippen LogP contribution is -2.42. The highest BCUT2D eigenvalue weighted by Crippen LogP contribution is 2.29. The Hall–Kier alpha value is -2.92. The molecule has 2 fully saturated rings. The Balaban J connectivity index is 1.56. The van der Waals surface area contributed by atoms with Gasteiger partial charge in [-0.15, -0.1) is 0 Å². The Morgan fingerprint density at radius 3 is 2.87 bits per heavy atom. The van der Waals surface area contributed by atoms with Gasteiger partial charge in [0.25, 0.3) is 0 Å². The van der Waals surface area contributed by atoms with E-state index in [4.69, 9.17) is 9.47 Å². The zero-order valence-corrected chi connectivity index (χ0v) is 23.1. The number of ether oxygens (including phenoxy) is 2. The van der Waals surface area contributed by atoms with Gasteiger partial charge in [-0.3, -0.25) is 9.69 Å². The molecule has 10 heteroatoms. The first kappa shape index (κ1) is 27.6. The summed E-state index contributed by atoms with van der Waals surface area (Å²) in [6.07, 6.45) is 3.32. The van der Waals surface area contributed by atoms with Gasteiger partial charge < -0.3 is 24.5 Å². The van der Waals surface area contributed by atoms with E-state index < -0.39 is 11.9 Å². The highest BCUT2D eigenvalue weighted by Gasteiger charge is 2.26. The number of piperidine rings is 1. The van der Waals surface area contributed by atoms with Gasteiger partial charge in [0.05, 0.1) is 36.6 Å². The van der Waals surface area contributed by atoms with Crippen LogP contribution in [-0.2, 0) is 16.0 Å². The second-order valence-corrected chi connectivity index (χ2v) is 10.9. The van der Waals surface area contributed by atoms with E-state index in [1.54, 1.807) is 19.2 Å². The molecular formula is C29H38FN5O4. The molecule has 0 spiro atoms. The van der Waals surface area contributed by atoms with E-state index >= 15 is 4.39 Å². The Morgan fingerprint density at radius 1 is 1.31 bits per heavy atom. The van der Waals surface area contributed by atoms with E-state index in [0.717, 1.165) is 48.9 Å². The number of fused-ring (bicyclic) bond motifs is 1. The molecule has 2 saturated heterocycles. The monoisotopic (exact) mass is 539 g/mol. The molecule has 0 saturated carbocycles. The quantitative estimate of drug-likeness (QED) is 0.469. The predicted molar refractivity (Wildman–Crippen MR) is 148 cm³/mol.